The summed E-state index contributed by atoms with van der Waals surface area (Å²) in [5.41, 5.74) is -0.686. The molecule has 0 saturated carbocycles. The van der Waals surface area contributed by atoms with Crippen LogP contribution in [0.3, 0.4) is 0 Å². The second-order valence-electron chi connectivity index (χ2n) is 5.15. The van der Waals surface area contributed by atoms with Crippen LogP contribution in [0.2, 0.25) is 4.82 Å². The van der Waals surface area contributed by atoms with E-state index < -0.39 is 5.60 Å². The van der Waals surface area contributed by atoms with Crippen LogP contribution in [-0.4, -0.2) is 25.7 Å². The first-order chi connectivity index (χ1) is 9.66. The Morgan fingerprint density at radius 1 is 1.20 bits per heavy atom. The van der Waals surface area contributed by atoms with Crippen LogP contribution in [0.25, 0.3) is 0 Å². The fraction of sp³-hybridized carbons (Fsp3) is 0.444. The first-order valence-corrected chi connectivity index (χ1v) is 9.16. The summed E-state index contributed by atoms with van der Waals surface area (Å²) in [5, 5.41) is 11.0. The summed E-state index contributed by atoms with van der Waals surface area (Å²) in [5.74, 6) is 0. The Morgan fingerprint density at radius 2 is 1.80 bits per heavy atom. The van der Waals surface area contributed by atoms with Crippen LogP contribution in [0, 0.1) is 0 Å². The van der Waals surface area contributed by atoms with Crippen molar-refractivity contribution in [3.05, 3.63) is 55.6 Å². The summed E-state index contributed by atoms with van der Waals surface area (Å²) >= 11 is 0.275. The molecule has 0 aliphatic rings. The molecule has 0 aromatic heterocycles. The van der Waals surface area contributed by atoms with Gasteiger partial charge in [0, 0.05) is 0 Å². The standard InChI is InChI=1S/C18H26OSe/c1-4-7-13-17(18(19,14-5-2)15-6-3)20-16-11-9-8-10-12-16/h5-6,8-12,17,19H,2-4,7,13-15H2,1H3. The zero-order valence-electron chi connectivity index (χ0n) is 12.4. The topological polar surface area (TPSA) is 20.2 Å². The van der Waals surface area contributed by atoms with Gasteiger partial charge in [-0.1, -0.05) is 0 Å². The third-order valence-electron chi connectivity index (χ3n) is 3.44. The van der Waals surface area contributed by atoms with E-state index in [9.17, 15) is 5.11 Å². The number of unbranched alkanes of at least 4 members (excludes halogenated alkanes) is 1. The molecule has 1 rings (SSSR count). The van der Waals surface area contributed by atoms with Crippen molar-refractivity contribution in [2.24, 2.45) is 0 Å². The van der Waals surface area contributed by atoms with Crippen LogP contribution in [0.5, 0.6) is 0 Å². The molecule has 110 valence electrons. The summed E-state index contributed by atoms with van der Waals surface area (Å²) in [6, 6.07) is 10.5. The van der Waals surface area contributed by atoms with Crippen molar-refractivity contribution in [3.63, 3.8) is 0 Å². The molecule has 0 spiro atoms. The van der Waals surface area contributed by atoms with Gasteiger partial charge in [0.1, 0.15) is 0 Å². The Bertz CT molecular complexity index is 389. The van der Waals surface area contributed by atoms with Gasteiger partial charge >= 0.3 is 130 Å². The van der Waals surface area contributed by atoms with Gasteiger partial charge in [0.2, 0.25) is 0 Å². The average Bonchev–Trinajstić information content (AvgIpc) is 2.45. The van der Waals surface area contributed by atoms with Crippen LogP contribution >= 0.6 is 0 Å². The second-order valence-corrected chi connectivity index (χ2v) is 7.83. The number of hydrogen-bond donors (Lipinski definition) is 1. The first-order valence-electron chi connectivity index (χ1n) is 7.32. The van der Waals surface area contributed by atoms with E-state index in [-0.39, 0.29) is 15.0 Å². The van der Waals surface area contributed by atoms with Crippen molar-refractivity contribution >= 4 is 19.4 Å². The second kappa shape index (κ2) is 9.18. The van der Waals surface area contributed by atoms with E-state index in [0.717, 1.165) is 12.8 Å². The summed E-state index contributed by atoms with van der Waals surface area (Å²) in [6.07, 6.45) is 8.36. The van der Waals surface area contributed by atoms with Crippen molar-refractivity contribution in [3.8, 4) is 0 Å². The SMILES string of the molecule is C=CCC(O)(CC=C)C(CCCC)[Se]c1ccccc1. The van der Waals surface area contributed by atoms with Gasteiger partial charge in [0.25, 0.3) is 0 Å². The number of hydrogen-bond acceptors (Lipinski definition) is 1. The maximum absolute atomic E-state index is 11.0. The molecule has 0 bridgehead atoms. The van der Waals surface area contributed by atoms with E-state index in [1.165, 1.54) is 10.9 Å². The zero-order valence-corrected chi connectivity index (χ0v) is 14.1. The van der Waals surface area contributed by atoms with Gasteiger partial charge in [0.15, 0.2) is 0 Å². The molecular formula is C18H26OSe. The minimum absolute atomic E-state index is 0.275. The van der Waals surface area contributed by atoms with Gasteiger partial charge in [0.05, 0.1) is 0 Å². The van der Waals surface area contributed by atoms with Gasteiger partial charge in [-0.25, -0.2) is 0 Å². The van der Waals surface area contributed by atoms with E-state index >= 15 is 0 Å². The van der Waals surface area contributed by atoms with Crippen LogP contribution in [0.15, 0.2) is 55.6 Å². The van der Waals surface area contributed by atoms with Crippen molar-refractivity contribution in [2.75, 3.05) is 0 Å². The van der Waals surface area contributed by atoms with Crippen molar-refractivity contribution in [2.45, 2.75) is 49.4 Å². The third kappa shape index (κ3) is 5.28. The quantitative estimate of drug-likeness (QED) is 0.507. The molecule has 1 nitrogen and oxygen atoms in total. The predicted molar refractivity (Wildman–Crippen MR) is 89.7 cm³/mol. The number of benzene rings is 1. The van der Waals surface area contributed by atoms with E-state index in [0.29, 0.717) is 17.7 Å². The molecular weight excluding hydrogens is 311 g/mol. The summed E-state index contributed by atoms with van der Waals surface area (Å²) in [7, 11) is 0. The first kappa shape index (κ1) is 17.2. The summed E-state index contributed by atoms with van der Waals surface area (Å²) in [4.78, 5) is 0.313. The van der Waals surface area contributed by atoms with Crippen LogP contribution in [0.4, 0.5) is 0 Å². The van der Waals surface area contributed by atoms with Gasteiger partial charge in [-0.2, -0.15) is 0 Å². The molecule has 0 radical (unpaired) electrons. The number of rotatable bonds is 10. The molecule has 1 N–H and O–H groups in total. The van der Waals surface area contributed by atoms with Crippen LogP contribution < -0.4 is 4.46 Å². The molecule has 1 aromatic rings. The Hall–Kier alpha value is -0.821. The number of aliphatic hydroxyl groups is 1. The summed E-state index contributed by atoms with van der Waals surface area (Å²) < 4.78 is 1.35. The molecule has 1 aromatic carbocycles. The van der Waals surface area contributed by atoms with Crippen LogP contribution in [0.1, 0.15) is 39.0 Å². The van der Waals surface area contributed by atoms with E-state index in [1.807, 2.05) is 18.2 Å². The summed E-state index contributed by atoms with van der Waals surface area (Å²) in [6.45, 7) is 9.82. The molecule has 0 saturated heterocycles. The Balaban J connectivity index is 2.90. The van der Waals surface area contributed by atoms with Gasteiger partial charge in [-0.3, -0.25) is 0 Å². The molecule has 0 fully saturated rings. The molecule has 1 atom stereocenters. The average molecular weight is 337 g/mol. The van der Waals surface area contributed by atoms with Crippen molar-refractivity contribution < 1.29 is 5.11 Å². The minimum atomic E-state index is -0.686. The monoisotopic (exact) mass is 338 g/mol. The molecule has 0 amide bonds. The molecule has 1 unspecified atom stereocenters. The Morgan fingerprint density at radius 3 is 2.30 bits per heavy atom. The normalized spacial score (nSPS) is 12.9. The van der Waals surface area contributed by atoms with E-state index in [4.69, 9.17) is 0 Å². The van der Waals surface area contributed by atoms with Gasteiger partial charge in [-0.15, -0.1) is 0 Å². The van der Waals surface area contributed by atoms with Crippen LogP contribution in [-0.2, 0) is 0 Å². The maximum atomic E-state index is 11.0. The molecule has 2 heteroatoms. The zero-order chi connectivity index (χ0) is 14.8. The fourth-order valence-electron chi connectivity index (χ4n) is 2.34. The van der Waals surface area contributed by atoms with Gasteiger partial charge < -0.3 is 0 Å². The van der Waals surface area contributed by atoms with Crippen molar-refractivity contribution in [1.29, 1.82) is 0 Å². The Labute approximate surface area is 130 Å². The van der Waals surface area contributed by atoms with E-state index in [2.05, 4.69) is 44.3 Å². The predicted octanol–water partition coefficient (Wildman–Crippen LogP) is 3.88. The van der Waals surface area contributed by atoms with Gasteiger partial charge in [-0.05, 0) is 0 Å². The molecule has 20 heavy (non-hydrogen) atoms. The van der Waals surface area contributed by atoms with E-state index in [1.54, 1.807) is 0 Å². The fourth-order valence-corrected chi connectivity index (χ4v) is 5.15. The molecule has 0 aliphatic heterocycles. The van der Waals surface area contributed by atoms with Crippen molar-refractivity contribution in [1.82, 2.24) is 0 Å². The molecule has 0 aliphatic carbocycles. The third-order valence-corrected chi connectivity index (χ3v) is 6.59. The molecule has 0 heterocycles. The Kier molecular flexibility index (Phi) is 7.91.